The Morgan fingerprint density at radius 1 is 1.33 bits per heavy atom. The van der Waals surface area contributed by atoms with Crippen LogP contribution in [0.5, 0.6) is 0 Å². The van der Waals surface area contributed by atoms with E-state index in [0.29, 0.717) is 18.1 Å². The average molecular weight is 358 g/mol. The summed E-state index contributed by atoms with van der Waals surface area (Å²) in [5, 5.41) is 9.46. The van der Waals surface area contributed by atoms with Crippen molar-refractivity contribution in [1.82, 2.24) is 9.03 Å². The fourth-order valence-corrected chi connectivity index (χ4v) is 3.76. The molecule has 1 heterocycles. The van der Waals surface area contributed by atoms with Gasteiger partial charge in [0.25, 0.3) is 0 Å². The van der Waals surface area contributed by atoms with E-state index < -0.39 is 17.2 Å². The molecule has 1 aromatic carbocycles. The number of aliphatic hydroxyl groups is 1. The summed E-state index contributed by atoms with van der Waals surface area (Å²) < 4.78 is 28.7. The van der Waals surface area contributed by atoms with Crippen LogP contribution < -0.4 is 4.72 Å². The molecule has 2 rings (SSSR count). The van der Waals surface area contributed by atoms with Gasteiger partial charge in [-0.3, -0.25) is 9.11 Å². The van der Waals surface area contributed by atoms with E-state index in [1.165, 1.54) is 4.31 Å². The molecule has 1 saturated heterocycles. The predicted octanol–water partition coefficient (Wildman–Crippen LogP) is 2.58. The topological polar surface area (TPSA) is 102 Å². The summed E-state index contributed by atoms with van der Waals surface area (Å²) >= 11 is 0. The third kappa shape index (κ3) is 4.92. The van der Waals surface area contributed by atoms with E-state index in [2.05, 4.69) is 18.6 Å². The Morgan fingerprint density at radius 3 is 2.46 bits per heavy atom. The second-order valence-corrected chi connectivity index (χ2v) is 7.74. The zero-order valence-electron chi connectivity index (χ0n) is 14.0. The molecule has 136 valence electrons. The summed E-state index contributed by atoms with van der Waals surface area (Å²) in [5.74, 6) is 0.0310. The molecule has 7 nitrogen and oxygen atoms in total. The van der Waals surface area contributed by atoms with Gasteiger partial charge in [0.1, 0.15) is 6.23 Å². The molecular formula is C16H26N2O5S. The third-order valence-corrected chi connectivity index (χ3v) is 5.77. The van der Waals surface area contributed by atoms with Gasteiger partial charge < -0.3 is 9.84 Å². The van der Waals surface area contributed by atoms with Crippen molar-refractivity contribution in [3.63, 3.8) is 0 Å². The van der Waals surface area contributed by atoms with Gasteiger partial charge in [-0.2, -0.15) is 9.03 Å². The smallest absolute Gasteiger partial charge is 0.338 e. The van der Waals surface area contributed by atoms with Gasteiger partial charge in [0.15, 0.2) is 0 Å². The summed E-state index contributed by atoms with van der Waals surface area (Å²) in [5.41, 5.74) is 1.28. The minimum Gasteiger partial charge on any atom is -0.462 e. The minimum absolute atomic E-state index is 0.127. The maximum Gasteiger partial charge on any atom is 0.338 e. The lowest BCUT2D eigenvalue weighted by atomic mass is 10.1. The normalized spacial score (nSPS) is 21.8. The maximum absolute atomic E-state index is 12.0. The molecule has 1 fully saturated rings. The van der Waals surface area contributed by atoms with Crippen LogP contribution in [0.2, 0.25) is 0 Å². The maximum atomic E-state index is 12.0. The van der Waals surface area contributed by atoms with Crippen molar-refractivity contribution in [3.8, 4) is 0 Å². The highest BCUT2D eigenvalue weighted by Crippen LogP contribution is 2.44. The number of rotatable bonds is 7. The first-order valence-electron chi connectivity index (χ1n) is 8.10. The largest absolute Gasteiger partial charge is 0.462 e. The van der Waals surface area contributed by atoms with Crippen LogP contribution in [0.15, 0.2) is 24.3 Å². The second kappa shape index (κ2) is 8.28. The van der Waals surface area contributed by atoms with Crippen molar-refractivity contribution >= 4 is 16.9 Å². The molecule has 1 atom stereocenters. The summed E-state index contributed by atoms with van der Waals surface area (Å²) in [6.45, 7) is 4.96. The van der Waals surface area contributed by atoms with Crippen LogP contribution in [-0.4, -0.2) is 43.9 Å². The van der Waals surface area contributed by atoms with Crippen molar-refractivity contribution in [1.29, 1.82) is 0 Å². The van der Waals surface area contributed by atoms with E-state index in [4.69, 9.17) is 4.74 Å². The molecule has 0 aromatic heterocycles. The molecule has 1 aliphatic heterocycles. The number of aliphatic hydroxyl groups excluding tert-OH is 1. The van der Waals surface area contributed by atoms with E-state index in [-0.39, 0.29) is 19.1 Å². The van der Waals surface area contributed by atoms with Crippen LogP contribution in [0.1, 0.15) is 42.6 Å². The Labute approximate surface area is 144 Å². The van der Waals surface area contributed by atoms with Gasteiger partial charge in [0.2, 0.25) is 0 Å². The molecule has 8 heteroatoms. The van der Waals surface area contributed by atoms with Gasteiger partial charge in [-0.25, -0.2) is 4.79 Å². The molecule has 1 aliphatic rings. The lowest BCUT2D eigenvalue weighted by molar-refractivity contribution is 0.0433. The van der Waals surface area contributed by atoms with Crippen molar-refractivity contribution in [2.75, 3.05) is 13.2 Å². The highest BCUT2D eigenvalue weighted by molar-refractivity contribution is 8.20. The van der Waals surface area contributed by atoms with Crippen molar-refractivity contribution in [3.05, 3.63) is 35.4 Å². The lowest BCUT2D eigenvalue weighted by Crippen LogP contribution is -2.25. The first-order valence-corrected chi connectivity index (χ1v) is 9.60. The molecule has 0 saturated carbocycles. The Balaban J connectivity index is 1.92. The van der Waals surface area contributed by atoms with Crippen LogP contribution in [0.25, 0.3) is 0 Å². The molecule has 0 amide bonds. The first-order chi connectivity index (χ1) is 11.4. The summed E-state index contributed by atoms with van der Waals surface area (Å²) in [7, 11) is -3.14. The molecule has 0 radical (unpaired) electrons. The zero-order chi connectivity index (χ0) is 17.7. The highest BCUT2D eigenvalue weighted by atomic mass is 32.3. The fraction of sp³-hybridized carbons (Fsp3) is 0.562. The predicted molar refractivity (Wildman–Crippen MR) is 93.2 cm³/mol. The van der Waals surface area contributed by atoms with Crippen molar-refractivity contribution in [2.45, 2.75) is 39.5 Å². The Morgan fingerprint density at radius 2 is 1.96 bits per heavy atom. The van der Waals surface area contributed by atoms with Crippen molar-refractivity contribution in [2.24, 2.45) is 5.92 Å². The summed E-state index contributed by atoms with van der Waals surface area (Å²) in [4.78, 5) is 12.0. The lowest BCUT2D eigenvalue weighted by Gasteiger charge is -2.35. The first kappa shape index (κ1) is 19.2. The van der Waals surface area contributed by atoms with Gasteiger partial charge >= 0.3 is 5.97 Å². The summed E-state index contributed by atoms with van der Waals surface area (Å²) in [6.07, 6.45) is 0.990. The minimum atomic E-state index is -3.14. The Kier molecular flexibility index (Phi) is 6.62. The quantitative estimate of drug-likeness (QED) is 0.556. The van der Waals surface area contributed by atoms with E-state index in [0.717, 1.165) is 18.4 Å². The molecule has 0 spiro atoms. The number of benzene rings is 1. The SMILES string of the molecule is CCC(CC)COC(=O)c1ccc(CN2CC(O)NS2(O)O)cc1. The highest BCUT2D eigenvalue weighted by Gasteiger charge is 2.34. The second-order valence-electron chi connectivity index (χ2n) is 5.95. The van der Waals surface area contributed by atoms with E-state index in [1.807, 2.05) is 0 Å². The zero-order valence-corrected chi connectivity index (χ0v) is 14.8. The number of hydrogen-bond donors (Lipinski definition) is 4. The van der Waals surface area contributed by atoms with E-state index in [1.54, 1.807) is 24.3 Å². The standard InChI is InChI=1S/C16H26N2O5S/c1-3-12(4-2)11-23-16(20)14-7-5-13(6-8-14)9-18-10-15(19)17-24(18,21)22/h5-8,12,15,17,19,21-22H,3-4,9-11H2,1-2H3. The molecule has 0 aliphatic carbocycles. The van der Waals surface area contributed by atoms with Crippen LogP contribution >= 0.6 is 11.0 Å². The Bertz CT molecular complexity index is 548. The average Bonchev–Trinajstić information content (AvgIpc) is 2.80. The van der Waals surface area contributed by atoms with E-state index >= 15 is 0 Å². The molecule has 24 heavy (non-hydrogen) atoms. The number of β-amino-alcohol motifs (C(OH)–C–C–N with tert-alkyl or cyclic N) is 1. The van der Waals surface area contributed by atoms with Gasteiger partial charge in [0, 0.05) is 6.54 Å². The van der Waals surface area contributed by atoms with Gasteiger partial charge in [-0.05, 0) is 23.6 Å². The van der Waals surface area contributed by atoms with Crippen LogP contribution in [0, 0.1) is 5.92 Å². The molecular weight excluding hydrogens is 332 g/mol. The van der Waals surface area contributed by atoms with Crippen molar-refractivity contribution < 1.29 is 23.7 Å². The van der Waals surface area contributed by atoms with E-state index in [9.17, 15) is 19.0 Å². The Hall–Kier alpha value is -1.16. The number of nitrogens with zero attached hydrogens (tertiary/aromatic N) is 1. The number of carbonyl (C=O) groups excluding carboxylic acids is 1. The monoisotopic (exact) mass is 358 g/mol. The molecule has 4 N–H and O–H groups in total. The fourth-order valence-electron chi connectivity index (χ4n) is 2.50. The van der Waals surface area contributed by atoms with Crippen LogP contribution in [0.3, 0.4) is 0 Å². The number of ether oxygens (including phenoxy) is 1. The number of hydrogen-bond acceptors (Lipinski definition) is 7. The van der Waals surface area contributed by atoms with Gasteiger partial charge in [-0.15, -0.1) is 0 Å². The number of esters is 1. The molecule has 0 bridgehead atoms. The molecule has 1 unspecified atom stereocenters. The third-order valence-electron chi connectivity index (χ3n) is 4.18. The summed E-state index contributed by atoms with van der Waals surface area (Å²) in [6, 6.07) is 6.81. The van der Waals surface area contributed by atoms with Crippen LogP contribution in [0.4, 0.5) is 0 Å². The van der Waals surface area contributed by atoms with Gasteiger partial charge in [-0.1, -0.05) is 49.8 Å². The van der Waals surface area contributed by atoms with Gasteiger partial charge in [0.05, 0.1) is 18.7 Å². The number of nitrogens with one attached hydrogen (secondary N) is 1. The number of carbonyl (C=O) groups is 1. The van der Waals surface area contributed by atoms with Crippen LogP contribution in [-0.2, 0) is 11.3 Å². The molecule has 1 aromatic rings.